The van der Waals surface area contributed by atoms with Gasteiger partial charge in [-0.1, -0.05) is 48.6 Å². The zero-order valence-electron chi connectivity index (χ0n) is 17.3. The van der Waals surface area contributed by atoms with Crippen molar-refractivity contribution in [3.8, 4) is 0 Å². The Morgan fingerprint density at radius 3 is 2.23 bits per heavy atom. The zero-order valence-corrected chi connectivity index (χ0v) is 17.3. The number of hydrogen-bond donors (Lipinski definition) is 1. The third-order valence-corrected chi connectivity index (χ3v) is 7.68. The normalized spacial score (nSPS) is 33.1. The van der Waals surface area contributed by atoms with Crippen LogP contribution in [0.15, 0.2) is 66.7 Å². The molecule has 0 spiro atoms. The van der Waals surface area contributed by atoms with Crippen LogP contribution in [0.2, 0.25) is 0 Å². The molecule has 4 aliphatic carbocycles. The lowest BCUT2D eigenvalue weighted by molar-refractivity contribution is -0.124. The molecule has 2 saturated carbocycles. The fourth-order valence-corrected chi connectivity index (χ4v) is 6.10. The fourth-order valence-electron chi connectivity index (χ4n) is 6.10. The monoisotopic (exact) mass is 412 g/mol. The van der Waals surface area contributed by atoms with Gasteiger partial charge in [-0.05, 0) is 60.8 Å². The summed E-state index contributed by atoms with van der Waals surface area (Å²) in [4.78, 5) is 40.8. The third-order valence-electron chi connectivity index (χ3n) is 7.68. The molecule has 1 heterocycles. The van der Waals surface area contributed by atoms with E-state index in [4.69, 9.17) is 0 Å². The molecule has 5 nitrogen and oxygen atoms in total. The number of benzene rings is 2. The summed E-state index contributed by atoms with van der Waals surface area (Å²) in [6, 6.07) is 16.5. The summed E-state index contributed by atoms with van der Waals surface area (Å²) in [6.07, 6.45) is 5.48. The van der Waals surface area contributed by atoms with E-state index in [-0.39, 0.29) is 47.4 Å². The van der Waals surface area contributed by atoms with Crippen molar-refractivity contribution in [2.75, 3.05) is 4.90 Å². The maximum absolute atomic E-state index is 13.3. The molecule has 7 rings (SSSR count). The van der Waals surface area contributed by atoms with Crippen molar-refractivity contribution in [3.63, 3.8) is 0 Å². The molecule has 0 unspecified atom stereocenters. The quantitative estimate of drug-likeness (QED) is 0.615. The highest BCUT2D eigenvalue weighted by Gasteiger charge is 2.67. The number of hydrogen-bond acceptors (Lipinski definition) is 3. The number of nitrogens with zero attached hydrogens (tertiary/aromatic N) is 1. The standard InChI is InChI=1S/C26H24N2O3/c1-14(15-6-3-2-4-7-15)27-24(29)16-8-5-9-17(12-16)28-25(30)22-18-10-11-19(21-13-20(18)21)23(22)26(28)31/h2-12,14,18-23H,13H2,1H3,(H,27,29)/t14-,18-,19-,20-,21-,22+,23+/m1/s1. The predicted molar refractivity (Wildman–Crippen MR) is 116 cm³/mol. The molecule has 31 heavy (non-hydrogen) atoms. The highest BCUT2D eigenvalue weighted by atomic mass is 16.2. The maximum Gasteiger partial charge on any atom is 0.251 e. The molecule has 5 heteroatoms. The molecule has 3 amide bonds. The van der Waals surface area contributed by atoms with Crippen LogP contribution in [0.25, 0.3) is 0 Å². The van der Waals surface area contributed by atoms with E-state index in [9.17, 15) is 14.4 Å². The Morgan fingerprint density at radius 2 is 1.58 bits per heavy atom. The van der Waals surface area contributed by atoms with Gasteiger partial charge in [-0.25, -0.2) is 4.90 Å². The summed E-state index contributed by atoms with van der Waals surface area (Å²) < 4.78 is 0. The number of imide groups is 1. The summed E-state index contributed by atoms with van der Waals surface area (Å²) >= 11 is 0. The number of nitrogens with one attached hydrogen (secondary N) is 1. The Bertz CT molecular complexity index is 1090. The molecular formula is C26H24N2O3. The molecule has 7 atom stereocenters. The molecule has 5 aliphatic rings. The van der Waals surface area contributed by atoms with Gasteiger partial charge in [0.05, 0.1) is 23.6 Å². The molecule has 3 fully saturated rings. The lowest BCUT2D eigenvalue weighted by atomic mass is 9.63. The van der Waals surface area contributed by atoms with E-state index in [0.29, 0.717) is 23.1 Å². The summed E-state index contributed by atoms with van der Waals surface area (Å²) in [5, 5.41) is 3.00. The molecule has 156 valence electrons. The van der Waals surface area contributed by atoms with Gasteiger partial charge in [-0.2, -0.15) is 0 Å². The van der Waals surface area contributed by atoms with Gasteiger partial charge in [-0.3, -0.25) is 14.4 Å². The zero-order chi connectivity index (χ0) is 21.3. The van der Waals surface area contributed by atoms with Crippen LogP contribution in [0.4, 0.5) is 5.69 Å². The highest BCUT2D eigenvalue weighted by molar-refractivity contribution is 6.23. The van der Waals surface area contributed by atoms with E-state index in [1.165, 1.54) is 4.90 Å². The van der Waals surface area contributed by atoms with Crippen molar-refractivity contribution >= 4 is 23.4 Å². The van der Waals surface area contributed by atoms with Crippen LogP contribution >= 0.6 is 0 Å². The van der Waals surface area contributed by atoms with Crippen LogP contribution in [0.3, 0.4) is 0 Å². The smallest absolute Gasteiger partial charge is 0.251 e. The Morgan fingerprint density at radius 1 is 0.935 bits per heavy atom. The Hall–Kier alpha value is -3.21. The largest absolute Gasteiger partial charge is 0.346 e. The minimum absolute atomic E-state index is 0.102. The van der Waals surface area contributed by atoms with Crippen molar-refractivity contribution in [2.24, 2.45) is 35.5 Å². The summed E-state index contributed by atoms with van der Waals surface area (Å²) in [5.74, 6) is 0.638. The Kier molecular flexibility index (Phi) is 3.98. The van der Waals surface area contributed by atoms with Crippen molar-refractivity contribution in [2.45, 2.75) is 19.4 Å². The van der Waals surface area contributed by atoms with E-state index in [0.717, 1.165) is 12.0 Å². The van der Waals surface area contributed by atoms with Crippen LogP contribution in [-0.4, -0.2) is 17.7 Å². The van der Waals surface area contributed by atoms with Crippen LogP contribution in [0.5, 0.6) is 0 Å². The van der Waals surface area contributed by atoms with Crippen LogP contribution < -0.4 is 10.2 Å². The van der Waals surface area contributed by atoms with Gasteiger partial charge in [0.2, 0.25) is 11.8 Å². The first-order valence-corrected chi connectivity index (χ1v) is 11.1. The SMILES string of the molecule is C[C@@H](NC(=O)c1cccc(N2C(=O)[C@H]3[C@@H]4C=C[C@H]([C@H]5C[C@H]45)[C@@H]3C2=O)c1)c1ccccc1. The van der Waals surface area contributed by atoms with Crippen LogP contribution in [-0.2, 0) is 9.59 Å². The number of allylic oxidation sites excluding steroid dienone is 2. The topological polar surface area (TPSA) is 66.5 Å². The van der Waals surface area contributed by atoms with E-state index in [1.807, 2.05) is 37.3 Å². The van der Waals surface area contributed by atoms with E-state index >= 15 is 0 Å². The molecular weight excluding hydrogens is 388 g/mol. The van der Waals surface area contributed by atoms with Gasteiger partial charge < -0.3 is 5.32 Å². The lowest BCUT2D eigenvalue weighted by Gasteiger charge is -2.37. The molecule has 2 aromatic rings. The first-order valence-electron chi connectivity index (χ1n) is 11.1. The number of carbonyl (C=O) groups is 3. The van der Waals surface area contributed by atoms with Gasteiger partial charge in [0.25, 0.3) is 5.91 Å². The number of amides is 3. The minimum atomic E-state index is -0.234. The first-order chi connectivity index (χ1) is 15.0. The first kappa shape index (κ1) is 18.6. The molecule has 1 aliphatic heterocycles. The average molecular weight is 412 g/mol. The Balaban J connectivity index is 1.25. The maximum atomic E-state index is 13.3. The highest BCUT2D eigenvalue weighted by Crippen LogP contribution is 2.65. The van der Waals surface area contributed by atoms with Crippen molar-refractivity contribution in [3.05, 3.63) is 77.9 Å². The minimum Gasteiger partial charge on any atom is -0.346 e. The molecule has 1 N–H and O–H groups in total. The summed E-state index contributed by atoms with van der Waals surface area (Å²) in [5.41, 5.74) is 1.96. The van der Waals surface area contributed by atoms with Gasteiger partial charge in [-0.15, -0.1) is 0 Å². The van der Waals surface area contributed by atoms with Crippen LogP contribution in [0.1, 0.15) is 35.3 Å². The molecule has 0 radical (unpaired) electrons. The molecule has 0 aromatic heterocycles. The second kappa shape index (κ2) is 6.64. The number of carbonyl (C=O) groups excluding carboxylic acids is 3. The number of rotatable bonds is 4. The molecule has 2 bridgehead atoms. The van der Waals surface area contributed by atoms with Crippen molar-refractivity contribution < 1.29 is 14.4 Å². The van der Waals surface area contributed by atoms with Gasteiger partial charge in [0, 0.05) is 5.56 Å². The second-order valence-corrected chi connectivity index (χ2v) is 9.32. The number of anilines is 1. The van der Waals surface area contributed by atoms with E-state index < -0.39 is 0 Å². The van der Waals surface area contributed by atoms with Crippen molar-refractivity contribution in [1.29, 1.82) is 0 Å². The second-order valence-electron chi connectivity index (χ2n) is 9.32. The lowest BCUT2D eigenvalue weighted by Crippen LogP contribution is -2.40. The van der Waals surface area contributed by atoms with Crippen LogP contribution in [0, 0.1) is 35.5 Å². The third kappa shape index (κ3) is 2.72. The molecule has 2 aromatic carbocycles. The van der Waals surface area contributed by atoms with Gasteiger partial charge >= 0.3 is 0 Å². The van der Waals surface area contributed by atoms with E-state index in [1.54, 1.807) is 24.3 Å². The average Bonchev–Trinajstić information content (AvgIpc) is 3.57. The van der Waals surface area contributed by atoms with Gasteiger partial charge in [0.1, 0.15) is 0 Å². The van der Waals surface area contributed by atoms with Crippen molar-refractivity contribution in [1.82, 2.24) is 5.32 Å². The van der Waals surface area contributed by atoms with E-state index in [2.05, 4.69) is 17.5 Å². The molecule has 1 saturated heterocycles. The fraction of sp³-hybridized carbons (Fsp3) is 0.346. The summed E-state index contributed by atoms with van der Waals surface area (Å²) in [6.45, 7) is 1.93. The Labute approximate surface area is 181 Å². The van der Waals surface area contributed by atoms with Gasteiger partial charge in [0.15, 0.2) is 0 Å². The summed E-state index contributed by atoms with van der Waals surface area (Å²) in [7, 11) is 0. The predicted octanol–water partition coefficient (Wildman–Crippen LogP) is 3.74.